The van der Waals surface area contributed by atoms with E-state index in [1.54, 1.807) is 6.92 Å². The Kier molecular flexibility index (Phi) is 6.27. The van der Waals surface area contributed by atoms with Gasteiger partial charge in [0.2, 0.25) is 0 Å². The zero-order valence-electron chi connectivity index (χ0n) is 12.9. The predicted molar refractivity (Wildman–Crippen MR) is 77.9 cm³/mol. The van der Waals surface area contributed by atoms with Crippen molar-refractivity contribution in [1.29, 1.82) is 0 Å². The highest BCUT2D eigenvalue weighted by Gasteiger charge is 2.35. The number of nitrogens with zero attached hydrogens (tertiary/aromatic N) is 1. The van der Waals surface area contributed by atoms with Crippen LogP contribution in [0.1, 0.15) is 53.4 Å². The molecule has 1 fully saturated rings. The Balaban J connectivity index is 2.66. The van der Waals surface area contributed by atoms with Gasteiger partial charge in [-0.3, -0.25) is 9.69 Å². The maximum atomic E-state index is 11.9. The lowest BCUT2D eigenvalue weighted by Crippen LogP contribution is -2.56. The van der Waals surface area contributed by atoms with E-state index < -0.39 is 5.54 Å². The molecular formula is C15H30N2O2. The smallest absolute Gasteiger partial charge is 0.327 e. The number of rotatable bonds is 7. The lowest BCUT2D eigenvalue weighted by molar-refractivity contribution is -0.150. The minimum atomic E-state index is -0.909. The van der Waals surface area contributed by atoms with Gasteiger partial charge >= 0.3 is 5.97 Å². The van der Waals surface area contributed by atoms with Crippen LogP contribution in [0, 0.1) is 5.92 Å². The molecule has 1 saturated carbocycles. The van der Waals surface area contributed by atoms with Gasteiger partial charge in [-0.15, -0.1) is 0 Å². The SMILES string of the molecule is CCOC(=O)C(C)(N)CN(CC(C)C)C1CCCC1. The van der Waals surface area contributed by atoms with Crippen molar-refractivity contribution < 1.29 is 9.53 Å². The molecule has 1 rings (SSSR count). The van der Waals surface area contributed by atoms with Crippen molar-refractivity contribution in [3.8, 4) is 0 Å². The van der Waals surface area contributed by atoms with Crippen molar-refractivity contribution in [2.45, 2.75) is 65.0 Å². The third kappa shape index (κ3) is 5.11. The van der Waals surface area contributed by atoms with Gasteiger partial charge in [0.15, 0.2) is 0 Å². The van der Waals surface area contributed by atoms with Gasteiger partial charge in [-0.25, -0.2) is 0 Å². The fourth-order valence-electron chi connectivity index (χ4n) is 2.86. The van der Waals surface area contributed by atoms with Gasteiger partial charge in [-0.05, 0) is 32.6 Å². The summed E-state index contributed by atoms with van der Waals surface area (Å²) < 4.78 is 5.08. The Labute approximate surface area is 117 Å². The Bertz CT molecular complexity index is 284. The molecule has 1 unspecified atom stereocenters. The van der Waals surface area contributed by atoms with Gasteiger partial charge in [-0.1, -0.05) is 26.7 Å². The van der Waals surface area contributed by atoms with E-state index in [9.17, 15) is 4.79 Å². The van der Waals surface area contributed by atoms with Gasteiger partial charge in [0, 0.05) is 19.1 Å². The molecule has 0 saturated heterocycles. The van der Waals surface area contributed by atoms with Crippen molar-refractivity contribution in [3.63, 3.8) is 0 Å². The lowest BCUT2D eigenvalue weighted by atomic mass is 10.0. The fourth-order valence-corrected chi connectivity index (χ4v) is 2.86. The average molecular weight is 270 g/mol. The van der Waals surface area contributed by atoms with Crippen LogP contribution < -0.4 is 5.73 Å². The molecule has 1 aliphatic rings. The normalized spacial score (nSPS) is 19.9. The van der Waals surface area contributed by atoms with Crippen molar-refractivity contribution in [1.82, 2.24) is 4.90 Å². The van der Waals surface area contributed by atoms with Gasteiger partial charge in [0.25, 0.3) is 0 Å². The number of hydrogen-bond acceptors (Lipinski definition) is 4. The van der Waals surface area contributed by atoms with Crippen LogP contribution in [-0.4, -0.2) is 42.1 Å². The molecule has 1 atom stereocenters. The summed E-state index contributed by atoms with van der Waals surface area (Å²) >= 11 is 0. The highest BCUT2D eigenvalue weighted by molar-refractivity contribution is 5.80. The number of carbonyl (C=O) groups excluding carboxylic acids is 1. The van der Waals surface area contributed by atoms with Crippen molar-refractivity contribution >= 4 is 5.97 Å². The van der Waals surface area contributed by atoms with E-state index in [0.717, 1.165) is 6.54 Å². The number of hydrogen-bond donors (Lipinski definition) is 1. The summed E-state index contributed by atoms with van der Waals surface area (Å²) in [5, 5.41) is 0. The number of esters is 1. The van der Waals surface area contributed by atoms with Gasteiger partial charge in [0.05, 0.1) is 6.61 Å². The average Bonchev–Trinajstić information content (AvgIpc) is 2.80. The summed E-state index contributed by atoms with van der Waals surface area (Å²) in [6.07, 6.45) is 5.04. The summed E-state index contributed by atoms with van der Waals surface area (Å²) in [6, 6.07) is 0.583. The first-order valence-corrected chi connectivity index (χ1v) is 7.57. The maximum Gasteiger partial charge on any atom is 0.327 e. The van der Waals surface area contributed by atoms with E-state index in [2.05, 4.69) is 18.7 Å². The van der Waals surface area contributed by atoms with Crippen LogP contribution in [0.15, 0.2) is 0 Å². The second-order valence-corrected chi connectivity index (χ2v) is 6.40. The molecule has 0 aromatic carbocycles. The van der Waals surface area contributed by atoms with Gasteiger partial charge in [0.1, 0.15) is 5.54 Å². The highest BCUT2D eigenvalue weighted by atomic mass is 16.5. The molecule has 1 aliphatic carbocycles. The zero-order valence-corrected chi connectivity index (χ0v) is 12.9. The standard InChI is InChI=1S/C15H30N2O2/c1-5-19-14(18)15(4,16)11-17(10-12(2)3)13-8-6-7-9-13/h12-13H,5-11,16H2,1-4H3. The quantitative estimate of drug-likeness (QED) is 0.720. The van der Waals surface area contributed by atoms with Crippen LogP contribution in [-0.2, 0) is 9.53 Å². The Morgan fingerprint density at radius 2 is 2.00 bits per heavy atom. The van der Waals surface area contributed by atoms with Gasteiger partial charge in [-0.2, -0.15) is 0 Å². The summed E-state index contributed by atoms with van der Waals surface area (Å²) in [6.45, 7) is 10.00. The zero-order chi connectivity index (χ0) is 14.5. The first-order valence-electron chi connectivity index (χ1n) is 7.57. The first kappa shape index (κ1) is 16.4. The number of ether oxygens (including phenoxy) is 1. The molecule has 4 heteroatoms. The van der Waals surface area contributed by atoms with E-state index in [1.807, 2.05) is 6.92 Å². The highest BCUT2D eigenvalue weighted by Crippen LogP contribution is 2.25. The van der Waals surface area contributed by atoms with Crippen LogP contribution in [0.5, 0.6) is 0 Å². The van der Waals surface area contributed by atoms with E-state index in [1.165, 1.54) is 25.7 Å². The third-order valence-corrected chi connectivity index (χ3v) is 3.71. The molecule has 0 spiro atoms. The summed E-state index contributed by atoms with van der Waals surface area (Å²) in [5.41, 5.74) is 5.27. The molecule has 2 N–H and O–H groups in total. The van der Waals surface area contributed by atoms with E-state index in [0.29, 0.717) is 25.1 Å². The molecule has 0 radical (unpaired) electrons. The van der Waals surface area contributed by atoms with E-state index in [-0.39, 0.29) is 5.97 Å². The van der Waals surface area contributed by atoms with Crippen molar-refractivity contribution in [2.24, 2.45) is 11.7 Å². The molecule has 0 amide bonds. The molecule has 19 heavy (non-hydrogen) atoms. The Hall–Kier alpha value is -0.610. The molecule has 112 valence electrons. The van der Waals surface area contributed by atoms with E-state index in [4.69, 9.17) is 10.5 Å². The molecule has 0 bridgehead atoms. The number of carbonyl (C=O) groups is 1. The summed E-state index contributed by atoms with van der Waals surface area (Å²) in [4.78, 5) is 14.3. The molecule has 0 heterocycles. The predicted octanol–water partition coefficient (Wildman–Crippen LogP) is 2.17. The minimum absolute atomic E-state index is 0.290. The fraction of sp³-hybridized carbons (Fsp3) is 0.933. The maximum absolute atomic E-state index is 11.9. The van der Waals surface area contributed by atoms with Crippen LogP contribution >= 0.6 is 0 Å². The Morgan fingerprint density at radius 3 is 2.47 bits per heavy atom. The molecule has 0 aromatic heterocycles. The first-order chi connectivity index (χ1) is 8.86. The Morgan fingerprint density at radius 1 is 1.42 bits per heavy atom. The van der Waals surface area contributed by atoms with Crippen LogP contribution in [0.2, 0.25) is 0 Å². The van der Waals surface area contributed by atoms with Crippen LogP contribution in [0.25, 0.3) is 0 Å². The second-order valence-electron chi connectivity index (χ2n) is 6.40. The minimum Gasteiger partial charge on any atom is -0.465 e. The monoisotopic (exact) mass is 270 g/mol. The molecular weight excluding hydrogens is 240 g/mol. The molecule has 4 nitrogen and oxygen atoms in total. The van der Waals surface area contributed by atoms with Crippen LogP contribution in [0.4, 0.5) is 0 Å². The summed E-state index contributed by atoms with van der Waals surface area (Å²) in [5.74, 6) is 0.292. The largest absolute Gasteiger partial charge is 0.465 e. The van der Waals surface area contributed by atoms with Crippen molar-refractivity contribution in [3.05, 3.63) is 0 Å². The lowest BCUT2D eigenvalue weighted by Gasteiger charge is -2.36. The van der Waals surface area contributed by atoms with Gasteiger partial charge < -0.3 is 10.5 Å². The van der Waals surface area contributed by atoms with Crippen LogP contribution in [0.3, 0.4) is 0 Å². The molecule has 0 aromatic rings. The van der Waals surface area contributed by atoms with Crippen molar-refractivity contribution in [2.75, 3.05) is 19.7 Å². The number of nitrogens with two attached hydrogens (primary N) is 1. The second kappa shape index (κ2) is 7.25. The molecule has 0 aliphatic heterocycles. The third-order valence-electron chi connectivity index (χ3n) is 3.71. The van der Waals surface area contributed by atoms with E-state index >= 15 is 0 Å². The summed E-state index contributed by atoms with van der Waals surface area (Å²) in [7, 11) is 0. The topological polar surface area (TPSA) is 55.6 Å².